The Morgan fingerprint density at radius 2 is 1.95 bits per heavy atom. The number of anilines is 1. The fourth-order valence-electron chi connectivity index (χ4n) is 3.02. The van der Waals surface area contributed by atoms with Crippen LogP contribution < -0.4 is 4.90 Å². The molecule has 1 amide bonds. The predicted octanol–water partition coefficient (Wildman–Crippen LogP) is 0.909. The number of hydrogen-bond donors (Lipinski definition) is 0. The van der Waals surface area contributed by atoms with E-state index in [2.05, 4.69) is 4.90 Å². The molecule has 0 bridgehead atoms. The Hall–Kier alpha value is -1.59. The molecule has 2 aliphatic rings. The van der Waals surface area contributed by atoms with Crippen LogP contribution in [-0.2, 0) is 4.74 Å². The summed E-state index contributed by atoms with van der Waals surface area (Å²) in [6.07, 6.45) is 0. The molecule has 0 radical (unpaired) electrons. The quantitative estimate of drug-likeness (QED) is 0.811. The van der Waals surface area contributed by atoms with E-state index in [1.54, 1.807) is 0 Å². The van der Waals surface area contributed by atoms with Gasteiger partial charge in [0.1, 0.15) is 0 Å². The van der Waals surface area contributed by atoms with Crippen molar-refractivity contribution in [3.63, 3.8) is 0 Å². The minimum absolute atomic E-state index is 0.130. The van der Waals surface area contributed by atoms with Gasteiger partial charge in [-0.05, 0) is 24.3 Å². The number of amides is 1. The van der Waals surface area contributed by atoms with Crippen LogP contribution in [0.5, 0.6) is 0 Å². The number of hydrogen-bond acceptors (Lipinski definition) is 4. The van der Waals surface area contributed by atoms with E-state index in [4.69, 9.17) is 4.74 Å². The lowest BCUT2D eigenvalue weighted by Gasteiger charge is -2.43. The molecule has 2 saturated heterocycles. The van der Waals surface area contributed by atoms with Crippen molar-refractivity contribution < 1.29 is 9.53 Å². The van der Waals surface area contributed by atoms with E-state index in [-0.39, 0.29) is 5.91 Å². The van der Waals surface area contributed by atoms with Gasteiger partial charge in [-0.25, -0.2) is 0 Å². The summed E-state index contributed by atoms with van der Waals surface area (Å²) in [6, 6.07) is 8.18. The summed E-state index contributed by atoms with van der Waals surface area (Å²) < 4.78 is 5.53. The van der Waals surface area contributed by atoms with Crippen LogP contribution in [-0.4, -0.2) is 75.2 Å². The summed E-state index contributed by atoms with van der Waals surface area (Å²) in [4.78, 5) is 19.0. The van der Waals surface area contributed by atoms with Crippen molar-refractivity contribution in [3.05, 3.63) is 29.8 Å². The molecule has 5 heteroatoms. The second kappa shape index (κ2) is 6.03. The summed E-state index contributed by atoms with van der Waals surface area (Å²) in [5.41, 5.74) is 1.88. The lowest BCUT2D eigenvalue weighted by Crippen LogP contribution is -2.59. The van der Waals surface area contributed by atoms with Gasteiger partial charge in [-0.3, -0.25) is 9.69 Å². The second-order valence-electron chi connectivity index (χ2n) is 5.96. The molecular weight excluding hydrogens is 266 g/mol. The van der Waals surface area contributed by atoms with Crippen LogP contribution in [0.25, 0.3) is 0 Å². The molecule has 0 spiro atoms. The summed E-state index contributed by atoms with van der Waals surface area (Å²) >= 11 is 0. The number of morpholine rings is 1. The van der Waals surface area contributed by atoms with Gasteiger partial charge in [-0.1, -0.05) is 0 Å². The number of nitrogens with zero attached hydrogens (tertiary/aromatic N) is 3. The van der Waals surface area contributed by atoms with Gasteiger partial charge in [0, 0.05) is 51.5 Å². The molecular formula is C16H23N3O2. The normalized spacial score (nSPS) is 22.8. The Morgan fingerprint density at radius 1 is 1.19 bits per heavy atom. The summed E-state index contributed by atoms with van der Waals surface area (Å²) in [7, 11) is 4.00. The molecule has 3 rings (SSSR count). The van der Waals surface area contributed by atoms with Crippen molar-refractivity contribution in [3.8, 4) is 0 Å². The number of carbonyl (C=O) groups is 1. The monoisotopic (exact) mass is 289 g/mol. The Labute approximate surface area is 126 Å². The van der Waals surface area contributed by atoms with Gasteiger partial charge >= 0.3 is 0 Å². The lowest BCUT2D eigenvalue weighted by molar-refractivity contribution is -0.0394. The van der Waals surface area contributed by atoms with Gasteiger partial charge in [-0.15, -0.1) is 0 Å². The van der Waals surface area contributed by atoms with Crippen LogP contribution in [0.1, 0.15) is 10.4 Å². The van der Waals surface area contributed by atoms with Crippen LogP contribution in [0, 0.1) is 0 Å². The molecule has 0 aliphatic carbocycles. The third-order valence-corrected chi connectivity index (χ3v) is 4.36. The zero-order chi connectivity index (χ0) is 14.8. The minimum Gasteiger partial charge on any atom is -0.378 e. The number of piperazine rings is 1. The zero-order valence-corrected chi connectivity index (χ0v) is 12.8. The van der Waals surface area contributed by atoms with E-state index in [1.807, 2.05) is 48.2 Å². The second-order valence-corrected chi connectivity index (χ2v) is 5.96. The van der Waals surface area contributed by atoms with E-state index in [1.165, 1.54) is 0 Å². The topological polar surface area (TPSA) is 36.0 Å². The van der Waals surface area contributed by atoms with Crippen LogP contribution in [0.2, 0.25) is 0 Å². The molecule has 0 saturated carbocycles. The van der Waals surface area contributed by atoms with Crippen molar-refractivity contribution in [1.82, 2.24) is 9.80 Å². The van der Waals surface area contributed by atoms with Gasteiger partial charge in [0.25, 0.3) is 5.91 Å². The maximum Gasteiger partial charge on any atom is 0.253 e. The Kier molecular flexibility index (Phi) is 4.12. The largest absolute Gasteiger partial charge is 0.378 e. The first kappa shape index (κ1) is 14.4. The number of ether oxygens (including phenoxy) is 1. The van der Waals surface area contributed by atoms with Gasteiger partial charge < -0.3 is 14.5 Å². The van der Waals surface area contributed by atoms with Gasteiger partial charge in [0.05, 0.1) is 19.3 Å². The van der Waals surface area contributed by atoms with Crippen molar-refractivity contribution in [1.29, 1.82) is 0 Å². The van der Waals surface area contributed by atoms with Crippen molar-refractivity contribution in [2.45, 2.75) is 6.04 Å². The van der Waals surface area contributed by atoms with Crippen molar-refractivity contribution >= 4 is 11.6 Å². The molecule has 1 aromatic carbocycles. The molecule has 0 aromatic heterocycles. The van der Waals surface area contributed by atoms with E-state index in [0.717, 1.165) is 50.6 Å². The number of carbonyl (C=O) groups excluding carboxylic acids is 1. The molecule has 2 aliphatic heterocycles. The fourth-order valence-corrected chi connectivity index (χ4v) is 3.02. The first-order valence-corrected chi connectivity index (χ1v) is 7.53. The van der Waals surface area contributed by atoms with E-state index in [0.29, 0.717) is 6.04 Å². The number of benzene rings is 1. The van der Waals surface area contributed by atoms with Crippen LogP contribution in [0.3, 0.4) is 0 Å². The average molecular weight is 289 g/mol. The summed E-state index contributed by atoms with van der Waals surface area (Å²) in [5, 5.41) is 0. The first-order chi connectivity index (χ1) is 10.1. The van der Waals surface area contributed by atoms with Crippen LogP contribution in [0.4, 0.5) is 5.69 Å². The standard InChI is InChI=1S/C16H23N3O2/c1-17(2)14-5-3-13(4-6-14)16(20)19-8-7-18-9-10-21-12-15(18)11-19/h3-6,15H,7-12H2,1-2H3. The van der Waals surface area contributed by atoms with Gasteiger partial charge in [0.2, 0.25) is 0 Å². The molecule has 1 aromatic rings. The molecule has 5 nitrogen and oxygen atoms in total. The fraction of sp³-hybridized carbons (Fsp3) is 0.562. The highest BCUT2D eigenvalue weighted by Gasteiger charge is 2.31. The Morgan fingerprint density at radius 3 is 2.67 bits per heavy atom. The Bertz CT molecular complexity index is 501. The summed E-state index contributed by atoms with van der Waals surface area (Å²) in [5.74, 6) is 0.130. The van der Waals surface area contributed by atoms with Crippen molar-refractivity contribution in [2.24, 2.45) is 0 Å². The third-order valence-electron chi connectivity index (χ3n) is 4.36. The number of fused-ring (bicyclic) bond motifs is 1. The predicted molar refractivity (Wildman–Crippen MR) is 82.9 cm³/mol. The zero-order valence-electron chi connectivity index (χ0n) is 12.8. The molecule has 21 heavy (non-hydrogen) atoms. The minimum atomic E-state index is 0.130. The van der Waals surface area contributed by atoms with Crippen LogP contribution in [0.15, 0.2) is 24.3 Å². The molecule has 2 fully saturated rings. The Balaban J connectivity index is 1.67. The molecule has 2 heterocycles. The van der Waals surface area contributed by atoms with E-state index in [9.17, 15) is 4.79 Å². The lowest BCUT2D eigenvalue weighted by atomic mass is 10.1. The average Bonchev–Trinajstić information content (AvgIpc) is 2.54. The highest BCUT2D eigenvalue weighted by molar-refractivity contribution is 5.94. The summed E-state index contributed by atoms with van der Waals surface area (Å²) in [6.45, 7) is 5.08. The van der Waals surface area contributed by atoms with Gasteiger partial charge in [0.15, 0.2) is 0 Å². The van der Waals surface area contributed by atoms with E-state index < -0.39 is 0 Å². The maximum absolute atomic E-state index is 12.6. The highest BCUT2D eigenvalue weighted by Crippen LogP contribution is 2.18. The highest BCUT2D eigenvalue weighted by atomic mass is 16.5. The first-order valence-electron chi connectivity index (χ1n) is 7.53. The van der Waals surface area contributed by atoms with Crippen molar-refractivity contribution in [2.75, 3.05) is 58.4 Å². The molecule has 1 atom stereocenters. The van der Waals surface area contributed by atoms with Crippen LogP contribution >= 0.6 is 0 Å². The smallest absolute Gasteiger partial charge is 0.253 e. The van der Waals surface area contributed by atoms with Gasteiger partial charge in [-0.2, -0.15) is 0 Å². The third kappa shape index (κ3) is 3.04. The SMILES string of the molecule is CN(C)c1ccc(C(=O)N2CCN3CCOCC3C2)cc1. The van der Waals surface area contributed by atoms with E-state index >= 15 is 0 Å². The number of rotatable bonds is 2. The maximum atomic E-state index is 12.6. The molecule has 1 unspecified atom stereocenters. The molecule has 114 valence electrons. The molecule has 0 N–H and O–H groups in total.